The van der Waals surface area contributed by atoms with Crippen molar-refractivity contribution in [3.05, 3.63) is 72.1 Å². The summed E-state index contributed by atoms with van der Waals surface area (Å²) in [6, 6.07) is 15.5. The second-order valence-corrected chi connectivity index (χ2v) is 9.13. The third kappa shape index (κ3) is 4.21. The van der Waals surface area contributed by atoms with E-state index in [0.717, 1.165) is 10.6 Å². The third-order valence-corrected chi connectivity index (χ3v) is 5.54. The van der Waals surface area contributed by atoms with Crippen LogP contribution in [0.4, 0.5) is 10.6 Å². The highest BCUT2D eigenvalue weighted by Gasteiger charge is 2.49. The van der Waals surface area contributed by atoms with E-state index in [1.54, 1.807) is 60.3 Å². The molecule has 1 aliphatic heterocycles. The molecule has 1 fully saturated rings. The molecule has 4 amide bonds. The lowest BCUT2D eigenvalue weighted by atomic mass is 9.92. The van der Waals surface area contributed by atoms with Crippen molar-refractivity contribution in [3.63, 3.8) is 0 Å². The Morgan fingerprint density at radius 3 is 2.42 bits per heavy atom. The lowest BCUT2D eigenvalue weighted by Crippen LogP contribution is -2.42. The van der Waals surface area contributed by atoms with E-state index in [1.165, 1.54) is 0 Å². The molecule has 0 radical (unpaired) electrons. The number of imide groups is 1. The van der Waals surface area contributed by atoms with Gasteiger partial charge in [-0.2, -0.15) is 9.78 Å². The normalized spacial score (nSPS) is 18.4. The molecule has 170 valence electrons. The van der Waals surface area contributed by atoms with Crippen molar-refractivity contribution < 1.29 is 14.4 Å². The molecule has 0 spiro atoms. The molecule has 1 saturated heterocycles. The van der Waals surface area contributed by atoms with Crippen LogP contribution in [0.3, 0.4) is 0 Å². The van der Waals surface area contributed by atoms with Crippen LogP contribution in [0, 0.1) is 0 Å². The number of hydrogen-bond acceptors (Lipinski definition) is 5. The molecule has 3 aromatic rings. The number of nitrogens with one attached hydrogen (secondary N) is 2. The zero-order valence-electron chi connectivity index (χ0n) is 19.0. The predicted molar refractivity (Wildman–Crippen MR) is 123 cm³/mol. The van der Waals surface area contributed by atoms with Crippen LogP contribution in [0.15, 0.2) is 60.8 Å². The van der Waals surface area contributed by atoms with E-state index in [0.29, 0.717) is 17.2 Å². The van der Waals surface area contributed by atoms with Crippen molar-refractivity contribution in [1.29, 1.82) is 0 Å². The Bertz CT molecular complexity index is 1200. The van der Waals surface area contributed by atoms with Crippen molar-refractivity contribution in [1.82, 2.24) is 25.0 Å². The molecule has 0 bridgehead atoms. The van der Waals surface area contributed by atoms with E-state index in [2.05, 4.69) is 20.7 Å². The topological polar surface area (TPSA) is 109 Å². The van der Waals surface area contributed by atoms with Crippen molar-refractivity contribution >= 4 is 23.7 Å². The molecule has 1 aromatic carbocycles. The molecule has 1 atom stereocenters. The highest BCUT2D eigenvalue weighted by atomic mass is 16.2. The average Bonchev–Trinajstić information content (AvgIpc) is 3.30. The van der Waals surface area contributed by atoms with Gasteiger partial charge in [0.1, 0.15) is 17.9 Å². The maximum atomic E-state index is 13.1. The Kier molecular flexibility index (Phi) is 5.49. The van der Waals surface area contributed by atoms with Crippen LogP contribution >= 0.6 is 0 Å². The van der Waals surface area contributed by atoms with Crippen molar-refractivity contribution in [2.45, 2.75) is 38.6 Å². The molecule has 0 saturated carbocycles. The molecule has 33 heavy (non-hydrogen) atoms. The molecule has 4 rings (SSSR count). The number of nitrogens with zero attached hydrogens (tertiary/aromatic N) is 4. The SMILES string of the molecule is CC(C)(C)c1cc(NC(=O)CN2C(=O)NC(C)(c3ccccc3)C2=O)n(-c2ccccn2)n1. The summed E-state index contributed by atoms with van der Waals surface area (Å²) < 4.78 is 1.54. The minimum Gasteiger partial charge on any atom is -0.319 e. The summed E-state index contributed by atoms with van der Waals surface area (Å²) in [5, 5.41) is 10.1. The summed E-state index contributed by atoms with van der Waals surface area (Å²) in [7, 11) is 0. The lowest BCUT2D eigenvalue weighted by Gasteiger charge is -2.22. The van der Waals surface area contributed by atoms with Gasteiger partial charge in [-0.25, -0.2) is 9.78 Å². The first-order chi connectivity index (χ1) is 15.6. The van der Waals surface area contributed by atoms with Gasteiger partial charge >= 0.3 is 6.03 Å². The van der Waals surface area contributed by atoms with Gasteiger partial charge in [-0.1, -0.05) is 57.2 Å². The van der Waals surface area contributed by atoms with Crippen LogP contribution in [0.25, 0.3) is 5.82 Å². The van der Waals surface area contributed by atoms with Gasteiger partial charge in [0.2, 0.25) is 5.91 Å². The third-order valence-electron chi connectivity index (χ3n) is 5.54. The largest absolute Gasteiger partial charge is 0.325 e. The minimum absolute atomic E-state index is 0.262. The van der Waals surface area contributed by atoms with Gasteiger partial charge in [-0.3, -0.25) is 14.5 Å². The Labute approximate surface area is 191 Å². The van der Waals surface area contributed by atoms with E-state index < -0.39 is 29.9 Å². The van der Waals surface area contributed by atoms with Crippen LogP contribution in [-0.2, 0) is 20.5 Å². The highest BCUT2D eigenvalue weighted by Crippen LogP contribution is 2.29. The summed E-state index contributed by atoms with van der Waals surface area (Å²) in [6.45, 7) is 7.25. The molecule has 9 nitrogen and oxygen atoms in total. The van der Waals surface area contributed by atoms with Gasteiger partial charge in [0.15, 0.2) is 5.82 Å². The highest BCUT2D eigenvalue weighted by molar-refractivity contribution is 6.10. The fraction of sp³-hybridized carbons (Fsp3) is 0.292. The number of urea groups is 1. The smallest absolute Gasteiger partial charge is 0.319 e. The summed E-state index contributed by atoms with van der Waals surface area (Å²) in [4.78, 5) is 43.8. The lowest BCUT2D eigenvalue weighted by molar-refractivity contribution is -0.133. The monoisotopic (exact) mass is 446 g/mol. The standard InChI is InChI=1S/C24H26N6O3/c1-23(2,3)17-14-19(30(28-17)18-12-8-9-13-25-18)26-20(31)15-29-21(32)24(4,27-22(29)33)16-10-6-5-7-11-16/h5-14H,15H2,1-4H3,(H,26,31)(H,27,33). The fourth-order valence-electron chi connectivity index (χ4n) is 3.62. The average molecular weight is 447 g/mol. The molecular weight excluding hydrogens is 420 g/mol. The number of carbonyl (C=O) groups is 3. The molecule has 2 N–H and O–H groups in total. The first-order valence-corrected chi connectivity index (χ1v) is 10.6. The Morgan fingerprint density at radius 2 is 1.79 bits per heavy atom. The van der Waals surface area contributed by atoms with Crippen LogP contribution in [0.2, 0.25) is 0 Å². The zero-order valence-corrected chi connectivity index (χ0v) is 19.0. The zero-order chi connectivity index (χ0) is 23.8. The van der Waals surface area contributed by atoms with Crippen molar-refractivity contribution in [2.75, 3.05) is 11.9 Å². The van der Waals surface area contributed by atoms with Crippen LogP contribution in [0.5, 0.6) is 0 Å². The number of carbonyl (C=O) groups excluding carboxylic acids is 3. The van der Waals surface area contributed by atoms with Gasteiger partial charge in [0.05, 0.1) is 5.69 Å². The van der Waals surface area contributed by atoms with E-state index >= 15 is 0 Å². The van der Waals surface area contributed by atoms with Gasteiger partial charge in [0, 0.05) is 17.7 Å². The minimum atomic E-state index is -1.23. The van der Waals surface area contributed by atoms with E-state index in [-0.39, 0.29) is 5.41 Å². The molecule has 1 unspecified atom stereocenters. The van der Waals surface area contributed by atoms with E-state index in [4.69, 9.17) is 0 Å². The van der Waals surface area contributed by atoms with Crippen LogP contribution < -0.4 is 10.6 Å². The molecule has 9 heteroatoms. The first kappa shape index (κ1) is 22.2. The van der Waals surface area contributed by atoms with E-state index in [9.17, 15) is 14.4 Å². The predicted octanol–water partition coefficient (Wildman–Crippen LogP) is 2.97. The van der Waals surface area contributed by atoms with Crippen molar-refractivity contribution in [2.24, 2.45) is 0 Å². The summed E-state index contributed by atoms with van der Waals surface area (Å²) in [6.07, 6.45) is 1.64. The Hall–Kier alpha value is -4.01. The molecular formula is C24H26N6O3. The van der Waals surface area contributed by atoms with Crippen molar-refractivity contribution in [3.8, 4) is 5.82 Å². The van der Waals surface area contributed by atoms with Crippen LogP contribution in [0.1, 0.15) is 39.0 Å². The first-order valence-electron chi connectivity index (χ1n) is 10.6. The Balaban J connectivity index is 1.57. The molecule has 0 aliphatic carbocycles. The van der Waals surface area contributed by atoms with E-state index in [1.807, 2.05) is 32.9 Å². The molecule has 2 aromatic heterocycles. The Morgan fingerprint density at radius 1 is 1.09 bits per heavy atom. The summed E-state index contributed by atoms with van der Waals surface area (Å²) in [5.41, 5.74) is -0.0837. The number of aromatic nitrogens is 3. The number of benzene rings is 1. The van der Waals surface area contributed by atoms with Gasteiger partial charge in [0.25, 0.3) is 5.91 Å². The van der Waals surface area contributed by atoms with Crippen LogP contribution in [-0.4, -0.2) is 44.1 Å². The number of hydrogen-bond donors (Lipinski definition) is 2. The molecule has 1 aliphatic rings. The van der Waals surface area contributed by atoms with Gasteiger partial charge in [-0.15, -0.1) is 0 Å². The number of rotatable bonds is 5. The quantitative estimate of drug-likeness (QED) is 0.586. The number of pyridine rings is 1. The van der Waals surface area contributed by atoms with Gasteiger partial charge < -0.3 is 10.6 Å². The number of anilines is 1. The molecule has 3 heterocycles. The maximum absolute atomic E-state index is 13.1. The summed E-state index contributed by atoms with van der Waals surface area (Å²) in [5.74, 6) is -0.0627. The fourth-order valence-corrected chi connectivity index (χ4v) is 3.62. The number of amides is 4. The second-order valence-electron chi connectivity index (χ2n) is 9.13. The van der Waals surface area contributed by atoms with Gasteiger partial charge in [-0.05, 0) is 24.6 Å². The maximum Gasteiger partial charge on any atom is 0.325 e. The summed E-state index contributed by atoms with van der Waals surface area (Å²) >= 11 is 0. The second kappa shape index (κ2) is 8.16.